The van der Waals surface area contributed by atoms with Crippen molar-refractivity contribution in [3.63, 3.8) is 0 Å². The maximum absolute atomic E-state index is 12.3. The SMILES string of the molecule is CC(=O)C1CC2C3CCC4=C/C(=N/OCC(=O)NCCOCCOCCOCCOCCOCCOCCOCCOCCOCCOCCOCCNC(=O)CCCCC5SC[C@@H]6NC(=O)N[C@H]56)CCC4(C)C3CCC2(C)C1. The number of hydrogen-bond donors (Lipinski definition) is 4. The number of amides is 4. The topological polar surface area (TPSA) is 240 Å². The molecule has 0 aromatic heterocycles. The van der Waals surface area contributed by atoms with Crippen molar-refractivity contribution in [2.45, 2.75) is 115 Å². The van der Waals surface area contributed by atoms with Gasteiger partial charge in [-0.2, -0.15) is 11.8 Å². The Balaban J connectivity index is 0.586. The number of thioether (sulfide) groups is 1. The molecule has 2 aliphatic heterocycles. The maximum atomic E-state index is 12.3. The lowest BCUT2D eigenvalue weighted by Gasteiger charge is -2.57. The number of unbranched alkanes of at least 4 members (excludes halogenated alkanes) is 1. The predicted molar refractivity (Wildman–Crippen MR) is 298 cm³/mol. The van der Waals surface area contributed by atoms with Gasteiger partial charge in [-0.15, -0.1) is 0 Å². The van der Waals surface area contributed by atoms with E-state index in [0.717, 1.165) is 62.8 Å². The fraction of sp³-hybridized carbons (Fsp3) is 0.877. The highest BCUT2D eigenvalue weighted by molar-refractivity contribution is 8.00. The molecule has 452 valence electrons. The number of allylic oxidation sites excluding steroid dienone is 2. The molecule has 3 saturated carbocycles. The van der Waals surface area contributed by atoms with Gasteiger partial charge in [0.1, 0.15) is 5.78 Å². The molecule has 6 aliphatic rings. The summed E-state index contributed by atoms with van der Waals surface area (Å²) in [6.07, 6.45) is 14.4. The minimum absolute atomic E-state index is 0.0383. The van der Waals surface area contributed by atoms with Gasteiger partial charge in [-0.25, -0.2) is 4.79 Å². The Labute approximate surface area is 474 Å². The van der Waals surface area contributed by atoms with Gasteiger partial charge >= 0.3 is 6.03 Å². The predicted octanol–water partition coefficient (Wildman–Crippen LogP) is 4.67. The Morgan fingerprint density at radius 2 is 1.14 bits per heavy atom. The smallest absolute Gasteiger partial charge is 0.315 e. The van der Waals surface area contributed by atoms with Gasteiger partial charge in [-0.3, -0.25) is 14.4 Å². The minimum Gasteiger partial charge on any atom is -0.385 e. The Bertz CT molecular complexity index is 1850. The lowest BCUT2D eigenvalue weighted by molar-refractivity contribution is -0.126. The van der Waals surface area contributed by atoms with Crippen LogP contribution in [0.1, 0.15) is 97.8 Å². The van der Waals surface area contributed by atoms with Crippen LogP contribution in [-0.4, -0.2) is 217 Å². The van der Waals surface area contributed by atoms with Crippen molar-refractivity contribution in [2.75, 3.05) is 171 Å². The number of fused-ring (bicyclic) bond motifs is 6. The molecule has 0 radical (unpaired) electrons. The third-order valence-corrected chi connectivity index (χ3v) is 18.1. The second kappa shape index (κ2) is 37.3. The summed E-state index contributed by atoms with van der Waals surface area (Å²) in [5, 5.41) is 16.5. The molecule has 79 heavy (non-hydrogen) atoms. The first-order chi connectivity index (χ1) is 38.6. The molecule has 21 nitrogen and oxygen atoms in total. The summed E-state index contributed by atoms with van der Waals surface area (Å²) < 4.78 is 60.9. The van der Waals surface area contributed by atoms with Crippen molar-refractivity contribution in [3.8, 4) is 0 Å². The average molecular weight is 1140 g/mol. The molecule has 4 aliphatic carbocycles. The minimum atomic E-state index is -0.229. The summed E-state index contributed by atoms with van der Waals surface area (Å²) in [7, 11) is 0. The van der Waals surface area contributed by atoms with E-state index in [9.17, 15) is 19.2 Å². The molecule has 0 spiro atoms. The van der Waals surface area contributed by atoms with Crippen molar-refractivity contribution >= 4 is 41.1 Å². The van der Waals surface area contributed by atoms with Gasteiger partial charge in [0, 0.05) is 36.4 Å². The van der Waals surface area contributed by atoms with Gasteiger partial charge in [0.15, 0.2) is 6.61 Å². The highest BCUT2D eigenvalue weighted by Crippen LogP contribution is 2.66. The third kappa shape index (κ3) is 23.3. The molecule has 5 fully saturated rings. The van der Waals surface area contributed by atoms with E-state index in [4.69, 9.17) is 56.9 Å². The molecule has 4 N–H and O–H groups in total. The highest BCUT2D eigenvalue weighted by Gasteiger charge is 2.58. The Morgan fingerprint density at radius 1 is 0.633 bits per heavy atom. The van der Waals surface area contributed by atoms with Crippen LogP contribution in [0.4, 0.5) is 4.79 Å². The fourth-order valence-electron chi connectivity index (χ4n) is 12.4. The molecule has 2 saturated heterocycles. The molecule has 22 heteroatoms. The molecule has 0 aromatic carbocycles. The van der Waals surface area contributed by atoms with E-state index < -0.39 is 0 Å². The molecule has 2 heterocycles. The Morgan fingerprint density at radius 3 is 1.66 bits per heavy atom. The molecule has 9 atom stereocenters. The molecular weight excluding hydrogens is 1040 g/mol. The van der Waals surface area contributed by atoms with Crippen LogP contribution in [0.15, 0.2) is 16.8 Å². The van der Waals surface area contributed by atoms with Gasteiger partial charge in [-0.05, 0) is 106 Å². The van der Waals surface area contributed by atoms with E-state index >= 15 is 0 Å². The van der Waals surface area contributed by atoms with Gasteiger partial charge in [0.05, 0.1) is 163 Å². The quantitative estimate of drug-likeness (QED) is 0.0368. The Kier molecular flexibility index (Phi) is 30.7. The van der Waals surface area contributed by atoms with Crippen LogP contribution in [0.2, 0.25) is 0 Å². The van der Waals surface area contributed by atoms with Gasteiger partial charge in [0.25, 0.3) is 5.91 Å². The van der Waals surface area contributed by atoms with E-state index in [2.05, 4.69) is 46.3 Å². The van der Waals surface area contributed by atoms with E-state index in [1.807, 2.05) is 11.8 Å². The second-order valence-electron chi connectivity index (χ2n) is 22.1. The van der Waals surface area contributed by atoms with Gasteiger partial charge < -0.3 is 78.2 Å². The second-order valence-corrected chi connectivity index (χ2v) is 23.4. The number of hydrogen-bond acceptors (Lipinski definition) is 18. The van der Waals surface area contributed by atoms with Crippen molar-refractivity contribution in [1.82, 2.24) is 21.3 Å². The van der Waals surface area contributed by atoms with Crippen LogP contribution in [-0.2, 0) is 71.3 Å². The summed E-state index contributed by atoms with van der Waals surface area (Å²) >= 11 is 1.90. The maximum Gasteiger partial charge on any atom is 0.315 e. The van der Waals surface area contributed by atoms with Crippen LogP contribution in [0.5, 0.6) is 0 Å². The number of ether oxygens (including phenoxy) is 11. The first-order valence-electron chi connectivity index (χ1n) is 29.5. The van der Waals surface area contributed by atoms with Crippen LogP contribution >= 0.6 is 11.8 Å². The monoisotopic (exact) mass is 1140 g/mol. The van der Waals surface area contributed by atoms with Crippen molar-refractivity contribution in [2.24, 2.45) is 39.7 Å². The number of rotatable bonds is 45. The van der Waals surface area contributed by atoms with Crippen molar-refractivity contribution in [1.29, 1.82) is 0 Å². The highest BCUT2D eigenvalue weighted by atomic mass is 32.2. The first-order valence-corrected chi connectivity index (χ1v) is 30.6. The zero-order valence-corrected chi connectivity index (χ0v) is 48.7. The number of nitrogens with one attached hydrogen (secondary N) is 4. The van der Waals surface area contributed by atoms with E-state index in [1.165, 1.54) is 24.8 Å². The molecule has 4 amide bonds. The van der Waals surface area contributed by atoms with Gasteiger partial charge in [0.2, 0.25) is 5.91 Å². The average Bonchev–Trinajstić information content (AvgIpc) is 4.33. The number of carbonyl (C=O) groups excluding carboxylic acids is 4. The van der Waals surface area contributed by atoms with E-state index in [0.29, 0.717) is 199 Å². The molecule has 0 aromatic rings. The molecule has 7 unspecified atom stereocenters. The van der Waals surface area contributed by atoms with Crippen molar-refractivity contribution in [3.05, 3.63) is 11.6 Å². The van der Waals surface area contributed by atoms with Crippen LogP contribution < -0.4 is 21.3 Å². The van der Waals surface area contributed by atoms with E-state index in [1.54, 1.807) is 6.92 Å². The van der Waals surface area contributed by atoms with Crippen LogP contribution in [0, 0.1) is 34.5 Å². The Hall–Kier alpha value is -3.00. The molecular formula is C57H97N5O16S. The molecule has 6 rings (SSSR count). The summed E-state index contributed by atoms with van der Waals surface area (Å²) in [5.41, 5.74) is 2.91. The zero-order chi connectivity index (χ0) is 55.8. The lowest BCUT2D eigenvalue weighted by Crippen LogP contribution is -2.49. The summed E-state index contributed by atoms with van der Waals surface area (Å²) in [5.74, 6) is 3.42. The summed E-state index contributed by atoms with van der Waals surface area (Å²) in [4.78, 5) is 53.8. The first kappa shape index (κ1) is 65.2. The lowest BCUT2D eigenvalue weighted by atomic mass is 9.47. The molecule has 0 bridgehead atoms. The van der Waals surface area contributed by atoms with Gasteiger partial charge in [-0.1, -0.05) is 31.0 Å². The zero-order valence-electron chi connectivity index (χ0n) is 47.9. The van der Waals surface area contributed by atoms with E-state index in [-0.39, 0.29) is 47.9 Å². The number of oxime groups is 1. The number of Topliss-reactive ketones (excluding diaryl/α,β-unsaturated/α-hetero) is 1. The normalized spacial score (nSPS) is 27.4. The number of nitrogens with zero attached hydrogens (tertiary/aromatic N) is 1. The number of ketones is 1. The largest absolute Gasteiger partial charge is 0.385 e. The number of urea groups is 1. The van der Waals surface area contributed by atoms with Crippen LogP contribution in [0.3, 0.4) is 0 Å². The number of carbonyl (C=O) groups is 4. The van der Waals surface area contributed by atoms with Crippen molar-refractivity contribution < 1.29 is 76.1 Å². The summed E-state index contributed by atoms with van der Waals surface area (Å²) in [6, 6.07) is 0.390. The third-order valence-electron chi connectivity index (χ3n) is 16.6. The summed E-state index contributed by atoms with van der Waals surface area (Å²) in [6.45, 7) is 17.5. The fourth-order valence-corrected chi connectivity index (χ4v) is 14.0. The standard InChI is InChI=1S/C57H97N5O16S/c1-43(63)44-38-49-47-9-8-45-39-46(10-13-57(45,3)48(47)11-12-56(49,2)40-44)62-78-41-53(65)59-15-17-68-19-21-70-23-25-72-27-29-74-31-33-76-35-37-77-36-34-75-32-30-73-28-26-71-24-22-69-20-18-67-16-14-58-52(64)7-5-4-6-51-54-50(42-79-51)60-55(66)61-54/h39,44,47-51,54H,4-38,40-42H2,1-3H3,(H,58,64)(H,59,65)(H2,60,61,66)/b62-46+/t44?,47?,48?,49?,50-,51?,54-,56?,57?/m0/s1. The van der Waals surface area contributed by atoms with Crippen LogP contribution in [0.25, 0.3) is 0 Å².